The summed E-state index contributed by atoms with van der Waals surface area (Å²) in [5, 5.41) is 2.74. The minimum absolute atomic E-state index is 0.0252. The molecule has 0 saturated carbocycles. The molecule has 1 aromatic heterocycles. The smallest absolute Gasteiger partial charge is 0.248 e. The van der Waals surface area contributed by atoms with Gasteiger partial charge in [0.25, 0.3) is 0 Å². The molecule has 0 atom stereocenters. The quantitative estimate of drug-likeness (QED) is 0.475. The monoisotopic (exact) mass is 409 g/mol. The highest BCUT2D eigenvalue weighted by Gasteiger charge is 2.12. The number of carbonyl (C=O) groups is 2. The van der Waals surface area contributed by atoms with Crippen molar-refractivity contribution in [2.45, 2.75) is 13.3 Å². The van der Waals surface area contributed by atoms with Crippen LogP contribution in [0.5, 0.6) is 0 Å². The molecule has 0 spiro atoms. The van der Waals surface area contributed by atoms with E-state index in [1.807, 2.05) is 6.92 Å². The third kappa shape index (κ3) is 5.56. The summed E-state index contributed by atoms with van der Waals surface area (Å²) in [6.45, 7) is 1.83. The van der Waals surface area contributed by atoms with Gasteiger partial charge in [0, 0.05) is 41.7 Å². The van der Waals surface area contributed by atoms with Crippen LogP contribution in [-0.4, -0.2) is 21.7 Å². The first-order chi connectivity index (χ1) is 13.9. The zero-order valence-corrected chi connectivity index (χ0v) is 16.3. The second-order valence-corrected chi connectivity index (χ2v) is 6.78. The van der Waals surface area contributed by atoms with Gasteiger partial charge >= 0.3 is 0 Å². The van der Waals surface area contributed by atoms with E-state index in [9.17, 15) is 14.0 Å². The van der Waals surface area contributed by atoms with Crippen molar-refractivity contribution in [3.05, 3.63) is 94.3 Å². The van der Waals surface area contributed by atoms with Crippen molar-refractivity contribution in [1.82, 2.24) is 9.97 Å². The van der Waals surface area contributed by atoms with E-state index in [2.05, 4.69) is 15.3 Å². The van der Waals surface area contributed by atoms with Crippen LogP contribution in [0.2, 0.25) is 5.02 Å². The van der Waals surface area contributed by atoms with Crippen LogP contribution in [0.3, 0.4) is 0 Å². The van der Waals surface area contributed by atoms with E-state index in [0.29, 0.717) is 22.4 Å². The number of ketones is 1. The third-order valence-electron chi connectivity index (χ3n) is 4.17. The highest BCUT2D eigenvalue weighted by molar-refractivity contribution is 6.30. The molecule has 0 aliphatic carbocycles. The van der Waals surface area contributed by atoms with Crippen molar-refractivity contribution in [3.63, 3.8) is 0 Å². The Balaban J connectivity index is 1.71. The van der Waals surface area contributed by atoms with Gasteiger partial charge in [-0.1, -0.05) is 29.8 Å². The maximum atomic E-state index is 13.3. The van der Waals surface area contributed by atoms with Crippen LogP contribution >= 0.6 is 11.6 Å². The lowest BCUT2D eigenvalue weighted by Gasteiger charge is -2.09. The standard InChI is InChI=1S/C22H17ClFN3O2/c1-14-2-5-17(21(28)9-15-3-6-19(24)18(23)8-15)10-20(14)27-22(29)7-4-16-11-25-13-26-12-16/h2-8,10-13H,9H2,1H3,(H,27,29)/b7-4+. The van der Waals surface area contributed by atoms with Gasteiger partial charge in [-0.25, -0.2) is 14.4 Å². The van der Waals surface area contributed by atoms with Gasteiger partial charge in [-0.05, 0) is 42.3 Å². The number of hydrogen-bond donors (Lipinski definition) is 1. The number of Topliss-reactive ketones (excluding diaryl/α,β-unsaturated/α-hetero) is 1. The summed E-state index contributed by atoms with van der Waals surface area (Å²) >= 11 is 5.77. The Kier molecular flexibility index (Phi) is 6.46. The molecule has 29 heavy (non-hydrogen) atoms. The summed E-state index contributed by atoms with van der Waals surface area (Å²) < 4.78 is 13.3. The van der Waals surface area contributed by atoms with E-state index in [4.69, 9.17) is 11.6 Å². The first-order valence-electron chi connectivity index (χ1n) is 8.74. The normalized spacial score (nSPS) is 10.9. The average Bonchev–Trinajstić information content (AvgIpc) is 2.71. The van der Waals surface area contributed by atoms with Gasteiger partial charge in [0.15, 0.2) is 5.78 Å². The molecule has 1 amide bonds. The van der Waals surface area contributed by atoms with Crippen molar-refractivity contribution < 1.29 is 14.0 Å². The fraction of sp³-hybridized carbons (Fsp3) is 0.0909. The van der Waals surface area contributed by atoms with Gasteiger partial charge in [0.2, 0.25) is 5.91 Å². The summed E-state index contributed by atoms with van der Waals surface area (Å²) in [5.74, 6) is -1.04. The number of aromatic nitrogens is 2. The van der Waals surface area contributed by atoms with Crippen LogP contribution in [0.1, 0.15) is 27.0 Å². The molecular formula is C22H17ClFN3O2. The number of anilines is 1. The summed E-state index contributed by atoms with van der Waals surface area (Å²) in [6.07, 6.45) is 7.62. The molecule has 0 aliphatic rings. The van der Waals surface area contributed by atoms with Gasteiger partial charge in [0.1, 0.15) is 12.1 Å². The molecule has 146 valence electrons. The molecule has 0 fully saturated rings. The number of amides is 1. The van der Waals surface area contributed by atoms with Gasteiger partial charge in [0.05, 0.1) is 5.02 Å². The molecule has 0 bridgehead atoms. The average molecular weight is 410 g/mol. The van der Waals surface area contributed by atoms with Gasteiger partial charge < -0.3 is 5.32 Å². The predicted octanol–water partition coefficient (Wildman–Crippen LogP) is 4.65. The molecule has 2 aromatic carbocycles. The number of nitrogens with zero attached hydrogens (tertiary/aromatic N) is 2. The molecule has 0 unspecified atom stereocenters. The van der Waals surface area contributed by atoms with E-state index < -0.39 is 5.82 Å². The molecule has 5 nitrogen and oxygen atoms in total. The Hall–Kier alpha value is -3.38. The Morgan fingerprint density at radius 1 is 1.14 bits per heavy atom. The number of hydrogen-bond acceptors (Lipinski definition) is 4. The van der Waals surface area contributed by atoms with Crippen LogP contribution in [0.15, 0.2) is 61.2 Å². The number of benzene rings is 2. The number of nitrogens with one attached hydrogen (secondary N) is 1. The second kappa shape index (κ2) is 9.21. The van der Waals surface area contributed by atoms with E-state index in [1.54, 1.807) is 36.7 Å². The second-order valence-electron chi connectivity index (χ2n) is 6.37. The summed E-state index contributed by atoms with van der Waals surface area (Å²) in [7, 11) is 0. The van der Waals surface area contributed by atoms with E-state index >= 15 is 0 Å². The van der Waals surface area contributed by atoms with Gasteiger partial charge in [-0.3, -0.25) is 9.59 Å². The summed E-state index contributed by atoms with van der Waals surface area (Å²) in [4.78, 5) is 32.6. The Morgan fingerprint density at radius 3 is 2.62 bits per heavy atom. The van der Waals surface area contributed by atoms with E-state index in [0.717, 1.165) is 5.56 Å². The maximum Gasteiger partial charge on any atom is 0.248 e. The van der Waals surface area contributed by atoms with Crippen molar-refractivity contribution in [3.8, 4) is 0 Å². The molecule has 0 aliphatic heterocycles. The van der Waals surface area contributed by atoms with E-state index in [1.165, 1.54) is 30.6 Å². The fourth-order valence-electron chi connectivity index (χ4n) is 2.61. The first-order valence-corrected chi connectivity index (χ1v) is 9.12. The Labute approximate surface area is 172 Å². The number of halogens is 2. The van der Waals surface area contributed by atoms with E-state index in [-0.39, 0.29) is 23.1 Å². The number of rotatable bonds is 6. The van der Waals surface area contributed by atoms with Crippen LogP contribution in [0, 0.1) is 12.7 Å². The Morgan fingerprint density at radius 2 is 1.90 bits per heavy atom. The fourth-order valence-corrected chi connectivity index (χ4v) is 2.81. The zero-order valence-electron chi connectivity index (χ0n) is 15.5. The van der Waals surface area contributed by atoms with Crippen molar-refractivity contribution in [2.24, 2.45) is 0 Å². The zero-order chi connectivity index (χ0) is 20.8. The minimum Gasteiger partial charge on any atom is -0.322 e. The Bertz CT molecular complexity index is 1080. The van der Waals surface area contributed by atoms with Crippen LogP contribution in [0.4, 0.5) is 10.1 Å². The highest BCUT2D eigenvalue weighted by Crippen LogP contribution is 2.21. The summed E-state index contributed by atoms with van der Waals surface area (Å²) in [5.41, 5.74) is 3.09. The van der Waals surface area contributed by atoms with Crippen molar-refractivity contribution in [2.75, 3.05) is 5.32 Å². The van der Waals surface area contributed by atoms with Gasteiger partial charge in [-0.2, -0.15) is 0 Å². The molecule has 7 heteroatoms. The predicted molar refractivity (Wildman–Crippen MR) is 110 cm³/mol. The lowest BCUT2D eigenvalue weighted by molar-refractivity contribution is -0.111. The molecule has 0 saturated heterocycles. The molecular weight excluding hydrogens is 393 g/mol. The van der Waals surface area contributed by atoms with Crippen molar-refractivity contribution in [1.29, 1.82) is 0 Å². The SMILES string of the molecule is Cc1ccc(C(=O)Cc2ccc(F)c(Cl)c2)cc1NC(=O)/C=C/c1cncnc1. The molecule has 3 aromatic rings. The number of aryl methyl sites for hydroxylation is 1. The third-order valence-corrected chi connectivity index (χ3v) is 4.46. The van der Waals surface area contributed by atoms with Crippen LogP contribution in [0.25, 0.3) is 6.08 Å². The lowest BCUT2D eigenvalue weighted by atomic mass is 10.0. The lowest BCUT2D eigenvalue weighted by Crippen LogP contribution is -2.11. The molecule has 0 radical (unpaired) electrons. The van der Waals surface area contributed by atoms with Gasteiger partial charge in [-0.15, -0.1) is 0 Å². The molecule has 3 rings (SSSR count). The first kappa shape index (κ1) is 20.4. The molecule has 1 heterocycles. The van der Waals surface area contributed by atoms with Crippen LogP contribution in [-0.2, 0) is 11.2 Å². The van der Waals surface area contributed by atoms with Crippen LogP contribution < -0.4 is 5.32 Å². The largest absolute Gasteiger partial charge is 0.322 e. The van der Waals surface area contributed by atoms with Crippen molar-refractivity contribution >= 4 is 35.1 Å². The summed E-state index contributed by atoms with van der Waals surface area (Å²) in [6, 6.07) is 9.26. The topological polar surface area (TPSA) is 72.0 Å². The maximum absolute atomic E-state index is 13.3. The number of carbonyl (C=O) groups excluding carboxylic acids is 2. The highest BCUT2D eigenvalue weighted by atomic mass is 35.5. The minimum atomic E-state index is -0.529. The molecule has 1 N–H and O–H groups in total.